The van der Waals surface area contributed by atoms with E-state index in [0.29, 0.717) is 18.5 Å². The highest BCUT2D eigenvalue weighted by molar-refractivity contribution is 5.76. The Hall–Kier alpha value is -1.26. The Labute approximate surface area is 102 Å². The predicted molar refractivity (Wildman–Crippen MR) is 64.8 cm³/mol. The van der Waals surface area contributed by atoms with Gasteiger partial charge >= 0.3 is 12.0 Å². The Bertz CT molecular complexity index is 293. The lowest BCUT2D eigenvalue weighted by Gasteiger charge is -2.23. The highest BCUT2D eigenvalue weighted by Crippen LogP contribution is 2.33. The number of amides is 2. The lowest BCUT2D eigenvalue weighted by atomic mass is 10.2. The van der Waals surface area contributed by atoms with Gasteiger partial charge in [-0.2, -0.15) is 0 Å². The monoisotopic (exact) mass is 242 g/mol. The maximum Gasteiger partial charge on any atom is 0.317 e. The van der Waals surface area contributed by atoms with Gasteiger partial charge in [-0.15, -0.1) is 0 Å². The molecular formula is C12H22N2O3. The van der Waals surface area contributed by atoms with Gasteiger partial charge in [-0.3, -0.25) is 4.79 Å². The van der Waals surface area contributed by atoms with Crippen LogP contribution in [0.1, 0.15) is 33.6 Å². The smallest absolute Gasteiger partial charge is 0.317 e. The molecule has 1 rings (SSSR count). The summed E-state index contributed by atoms with van der Waals surface area (Å²) in [6.07, 6.45) is 2.14. The van der Waals surface area contributed by atoms with Crippen LogP contribution in [0.4, 0.5) is 4.79 Å². The first-order chi connectivity index (χ1) is 7.99. The fraction of sp³-hybridized carbons (Fsp3) is 0.833. The van der Waals surface area contributed by atoms with Gasteiger partial charge in [0.2, 0.25) is 0 Å². The van der Waals surface area contributed by atoms with Crippen molar-refractivity contribution in [1.82, 2.24) is 10.2 Å². The second kappa shape index (κ2) is 5.89. The Morgan fingerprint density at radius 3 is 2.53 bits per heavy atom. The summed E-state index contributed by atoms with van der Waals surface area (Å²) in [4.78, 5) is 24.2. The Morgan fingerprint density at radius 1 is 1.47 bits per heavy atom. The van der Waals surface area contributed by atoms with Crippen LogP contribution in [0.15, 0.2) is 0 Å². The Morgan fingerprint density at radius 2 is 2.12 bits per heavy atom. The SMILES string of the molecule is CCC1CC1NC(=O)N(CC)CC(C)C(=O)O. The highest BCUT2D eigenvalue weighted by Gasteiger charge is 2.37. The van der Waals surface area contributed by atoms with E-state index in [0.717, 1.165) is 12.8 Å². The highest BCUT2D eigenvalue weighted by atomic mass is 16.4. The first-order valence-electron chi connectivity index (χ1n) is 6.27. The Kier molecular flexibility index (Phi) is 4.78. The largest absolute Gasteiger partial charge is 0.481 e. The molecule has 98 valence electrons. The summed E-state index contributed by atoms with van der Waals surface area (Å²) in [5, 5.41) is 11.8. The number of rotatable bonds is 6. The van der Waals surface area contributed by atoms with Gasteiger partial charge in [-0.1, -0.05) is 20.3 Å². The van der Waals surface area contributed by atoms with Crippen LogP contribution < -0.4 is 5.32 Å². The van der Waals surface area contributed by atoms with Crippen molar-refractivity contribution in [3.8, 4) is 0 Å². The van der Waals surface area contributed by atoms with Gasteiger partial charge < -0.3 is 15.3 Å². The summed E-state index contributed by atoms with van der Waals surface area (Å²) in [6.45, 7) is 6.39. The third-order valence-corrected chi connectivity index (χ3v) is 3.34. The number of aliphatic carboxylic acids is 1. The standard InChI is InChI=1S/C12H22N2O3/c1-4-9-6-10(9)13-12(17)14(5-2)7-8(3)11(15)16/h8-10H,4-7H2,1-3H3,(H,13,17)(H,15,16). The molecule has 0 radical (unpaired) electrons. The number of urea groups is 1. The molecule has 3 unspecified atom stereocenters. The molecule has 0 aromatic carbocycles. The van der Waals surface area contributed by atoms with E-state index in [4.69, 9.17) is 5.11 Å². The molecule has 0 spiro atoms. The normalized spacial score (nSPS) is 23.9. The van der Waals surface area contributed by atoms with Gasteiger partial charge in [0.05, 0.1) is 5.92 Å². The van der Waals surface area contributed by atoms with E-state index >= 15 is 0 Å². The van der Waals surface area contributed by atoms with Crippen molar-refractivity contribution in [2.24, 2.45) is 11.8 Å². The first kappa shape index (κ1) is 13.8. The van der Waals surface area contributed by atoms with Crippen LogP contribution in [0.25, 0.3) is 0 Å². The van der Waals surface area contributed by atoms with Crippen molar-refractivity contribution < 1.29 is 14.7 Å². The lowest BCUT2D eigenvalue weighted by molar-refractivity contribution is -0.141. The zero-order chi connectivity index (χ0) is 13.0. The molecule has 1 aliphatic rings. The Balaban J connectivity index is 2.39. The van der Waals surface area contributed by atoms with E-state index in [1.807, 2.05) is 6.92 Å². The summed E-state index contributed by atoms with van der Waals surface area (Å²) >= 11 is 0. The number of carbonyl (C=O) groups excluding carboxylic acids is 1. The molecule has 0 aromatic rings. The van der Waals surface area contributed by atoms with Gasteiger partial charge in [0.25, 0.3) is 0 Å². The minimum atomic E-state index is -0.867. The molecule has 17 heavy (non-hydrogen) atoms. The van der Waals surface area contributed by atoms with Crippen LogP contribution in [0.5, 0.6) is 0 Å². The van der Waals surface area contributed by atoms with E-state index in [9.17, 15) is 9.59 Å². The number of nitrogens with one attached hydrogen (secondary N) is 1. The summed E-state index contributed by atoms with van der Waals surface area (Å²) in [7, 11) is 0. The zero-order valence-corrected chi connectivity index (χ0v) is 10.8. The molecule has 2 N–H and O–H groups in total. The van der Waals surface area contributed by atoms with Crippen LogP contribution >= 0.6 is 0 Å². The topological polar surface area (TPSA) is 69.6 Å². The molecule has 1 saturated carbocycles. The molecule has 0 heterocycles. The zero-order valence-electron chi connectivity index (χ0n) is 10.8. The van der Waals surface area contributed by atoms with Crippen LogP contribution in [-0.2, 0) is 4.79 Å². The number of carboxylic acid groups (broad SMARTS) is 1. The average Bonchev–Trinajstić information content (AvgIpc) is 3.03. The molecule has 5 heteroatoms. The van der Waals surface area contributed by atoms with E-state index in [1.54, 1.807) is 11.8 Å². The predicted octanol–water partition coefficient (Wildman–Crippen LogP) is 1.54. The molecule has 0 aromatic heterocycles. The van der Waals surface area contributed by atoms with Crippen molar-refractivity contribution in [3.05, 3.63) is 0 Å². The molecule has 1 aliphatic carbocycles. The summed E-state index contributed by atoms with van der Waals surface area (Å²) in [5.41, 5.74) is 0. The van der Waals surface area contributed by atoms with Crippen molar-refractivity contribution in [1.29, 1.82) is 0 Å². The van der Waals surface area contributed by atoms with Gasteiger partial charge in [-0.05, 0) is 19.3 Å². The van der Waals surface area contributed by atoms with Gasteiger partial charge in [0, 0.05) is 19.1 Å². The molecule has 2 amide bonds. The second-order valence-corrected chi connectivity index (χ2v) is 4.74. The van der Waals surface area contributed by atoms with Crippen LogP contribution in [0, 0.1) is 11.8 Å². The van der Waals surface area contributed by atoms with Crippen molar-refractivity contribution >= 4 is 12.0 Å². The van der Waals surface area contributed by atoms with Gasteiger partial charge in [-0.25, -0.2) is 4.79 Å². The maximum absolute atomic E-state index is 11.9. The first-order valence-corrected chi connectivity index (χ1v) is 6.27. The number of carbonyl (C=O) groups is 2. The lowest BCUT2D eigenvalue weighted by Crippen LogP contribution is -2.44. The van der Waals surface area contributed by atoms with Crippen molar-refractivity contribution in [3.63, 3.8) is 0 Å². The minimum absolute atomic E-state index is 0.137. The molecule has 0 bridgehead atoms. The molecule has 3 atom stereocenters. The van der Waals surface area contributed by atoms with Crippen LogP contribution in [0.2, 0.25) is 0 Å². The average molecular weight is 242 g/mol. The van der Waals surface area contributed by atoms with E-state index < -0.39 is 11.9 Å². The van der Waals surface area contributed by atoms with Crippen molar-refractivity contribution in [2.75, 3.05) is 13.1 Å². The fourth-order valence-corrected chi connectivity index (χ4v) is 1.89. The number of hydrogen-bond donors (Lipinski definition) is 2. The van der Waals surface area contributed by atoms with Gasteiger partial charge in [0.1, 0.15) is 0 Å². The maximum atomic E-state index is 11.9. The summed E-state index contributed by atoms with van der Waals surface area (Å²) in [5.74, 6) is -0.787. The second-order valence-electron chi connectivity index (χ2n) is 4.74. The van der Waals surface area contributed by atoms with E-state index in [-0.39, 0.29) is 12.6 Å². The van der Waals surface area contributed by atoms with E-state index in [1.165, 1.54) is 0 Å². The third-order valence-electron chi connectivity index (χ3n) is 3.34. The summed E-state index contributed by atoms with van der Waals surface area (Å²) < 4.78 is 0. The van der Waals surface area contributed by atoms with E-state index in [2.05, 4.69) is 12.2 Å². The molecule has 5 nitrogen and oxygen atoms in total. The molecule has 1 fully saturated rings. The molecular weight excluding hydrogens is 220 g/mol. The quantitative estimate of drug-likeness (QED) is 0.742. The number of carboxylic acids is 1. The van der Waals surface area contributed by atoms with Crippen LogP contribution in [0.3, 0.4) is 0 Å². The molecule has 0 aliphatic heterocycles. The third kappa shape index (κ3) is 3.91. The van der Waals surface area contributed by atoms with Crippen LogP contribution in [-0.4, -0.2) is 41.1 Å². The summed E-state index contributed by atoms with van der Waals surface area (Å²) in [6, 6.07) is 0.156. The molecule has 0 saturated heterocycles. The van der Waals surface area contributed by atoms with Crippen molar-refractivity contribution in [2.45, 2.75) is 39.7 Å². The number of nitrogens with zero attached hydrogens (tertiary/aromatic N) is 1. The minimum Gasteiger partial charge on any atom is -0.481 e. The fourth-order valence-electron chi connectivity index (χ4n) is 1.89. The number of hydrogen-bond acceptors (Lipinski definition) is 2. The van der Waals surface area contributed by atoms with Gasteiger partial charge in [0.15, 0.2) is 0 Å².